The molecule has 21 heavy (non-hydrogen) atoms. The lowest BCUT2D eigenvalue weighted by molar-refractivity contribution is 0.0320. The first kappa shape index (κ1) is 18.3. The SMILES string of the molecule is CNCc1ccc(S(=O)(=O)NCC(COC)OC)cc1Cl. The summed E-state index contributed by atoms with van der Waals surface area (Å²) in [5.41, 5.74) is 0.840. The van der Waals surface area contributed by atoms with Gasteiger partial charge < -0.3 is 14.8 Å². The Morgan fingerprint density at radius 1 is 1.33 bits per heavy atom. The predicted octanol–water partition coefficient (Wildman–Crippen LogP) is 0.999. The molecule has 0 amide bonds. The van der Waals surface area contributed by atoms with Gasteiger partial charge in [-0.1, -0.05) is 17.7 Å². The van der Waals surface area contributed by atoms with Gasteiger partial charge in [0.05, 0.1) is 17.6 Å². The summed E-state index contributed by atoms with van der Waals surface area (Å²) in [5, 5.41) is 3.37. The highest BCUT2D eigenvalue weighted by molar-refractivity contribution is 7.89. The van der Waals surface area contributed by atoms with Crippen LogP contribution in [0, 0.1) is 0 Å². The van der Waals surface area contributed by atoms with Crippen molar-refractivity contribution in [3.8, 4) is 0 Å². The van der Waals surface area contributed by atoms with Gasteiger partial charge in [-0.25, -0.2) is 13.1 Å². The number of ether oxygens (including phenoxy) is 2. The normalized spacial score (nSPS) is 13.3. The average Bonchev–Trinajstić information content (AvgIpc) is 2.45. The molecule has 1 atom stereocenters. The van der Waals surface area contributed by atoms with E-state index < -0.39 is 10.0 Å². The van der Waals surface area contributed by atoms with E-state index in [1.54, 1.807) is 13.1 Å². The second-order valence-corrected chi connectivity index (χ2v) is 6.62. The lowest BCUT2D eigenvalue weighted by Gasteiger charge is -2.15. The van der Waals surface area contributed by atoms with Crippen LogP contribution in [0.1, 0.15) is 5.56 Å². The third-order valence-corrected chi connectivity index (χ3v) is 4.66. The van der Waals surface area contributed by atoms with Crippen molar-refractivity contribution in [3.05, 3.63) is 28.8 Å². The molecule has 0 spiro atoms. The van der Waals surface area contributed by atoms with Gasteiger partial charge >= 0.3 is 0 Å². The first-order valence-electron chi connectivity index (χ1n) is 6.39. The number of methoxy groups -OCH3 is 2. The van der Waals surface area contributed by atoms with Crippen molar-refractivity contribution in [1.29, 1.82) is 0 Å². The fourth-order valence-electron chi connectivity index (χ4n) is 1.71. The summed E-state index contributed by atoms with van der Waals surface area (Å²) in [7, 11) is 1.20. The molecule has 120 valence electrons. The molecular formula is C13H21ClN2O4S. The summed E-state index contributed by atoms with van der Waals surface area (Å²) in [6.45, 7) is 1.01. The largest absolute Gasteiger partial charge is 0.382 e. The molecule has 1 unspecified atom stereocenters. The molecule has 0 saturated carbocycles. The van der Waals surface area contributed by atoms with Crippen LogP contribution in [0.3, 0.4) is 0 Å². The summed E-state index contributed by atoms with van der Waals surface area (Å²) in [6, 6.07) is 4.66. The van der Waals surface area contributed by atoms with Crippen LogP contribution in [-0.4, -0.2) is 48.9 Å². The van der Waals surface area contributed by atoms with Crippen molar-refractivity contribution in [2.45, 2.75) is 17.5 Å². The van der Waals surface area contributed by atoms with E-state index in [9.17, 15) is 8.42 Å². The summed E-state index contributed by atoms with van der Waals surface area (Å²) >= 11 is 6.08. The van der Waals surface area contributed by atoms with E-state index in [4.69, 9.17) is 21.1 Å². The zero-order valence-electron chi connectivity index (χ0n) is 12.3. The Bertz CT molecular complexity index is 551. The van der Waals surface area contributed by atoms with E-state index in [0.29, 0.717) is 18.2 Å². The number of rotatable bonds is 9. The smallest absolute Gasteiger partial charge is 0.240 e. The Balaban J connectivity index is 2.80. The Morgan fingerprint density at radius 2 is 2.05 bits per heavy atom. The van der Waals surface area contributed by atoms with Crippen LogP contribution in [0.2, 0.25) is 5.02 Å². The molecule has 1 rings (SSSR count). The molecule has 0 heterocycles. The molecule has 8 heteroatoms. The molecule has 0 aliphatic carbocycles. The first-order chi connectivity index (χ1) is 9.94. The summed E-state index contributed by atoms with van der Waals surface area (Å²) < 4.78 is 36.9. The fourth-order valence-corrected chi connectivity index (χ4v) is 3.12. The Kier molecular flexibility index (Phi) is 7.58. The van der Waals surface area contributed by atoms with Crippen molar-refractivity contribution in [3.63, 3.8) is 0 Å². The van der Waals surface area contributed by atoms with E-state index in [2.05, 4.69) is 10.0 Å². The lowest BCUT2D eigenvalue weighted by atomic mass is 10.2. The molecule has 0 aliphatic rings. The molecule has 0 saturated heterocycles. The summed E-state index contributed by atoms with van der Waals surface area (Å²) in [5.74, 6) is 0. The Hall–Kier alpha value is -0.700. The third-order valence-electron chi connectivity index (χ3n) is 2.89. The number of benzene rings is 1. The molecule has 0 fully saturated rings. The molecule has 0 radical (unpaired) electrons. The highest BCUT2D eigenvalue weighted by Gasteiger charge is 2.18. The van der Waals surface area contributed by atoms with Gasteiger partial charge in [-0.15, -0.1) is 0 Å². The van der Waals surface area contributed by atoms with Gasteiger partial charge in [-0.05, 0) is 24.7 Å². The molecule has 0 bridgehead atoms. The Morgan fingerprint density at radius 3 is 2.57 bits per heavy atom. The number of nitrogens with one attached hydrogen (secondary N) is 2. The lowest BCUT2D eigenvalue weighted by Crippen LogP contribution is -2.35. The third kappa shape index (κ3) is 5.54. The van der Waals surface area contributed by atoms with Gasteiger partial charge in [0.1, 0.15) is 0 Å². The van der Waals surface area contributed by atoms with E-state index in [1.807, 2.05) is 0 Å². The van der Waals surface area contributed by atoms with Crippen molar-refractivity contribution in [2.75, 3.05) is 34.4 Å². The number of hydrogen-bond acceptors (Lipinski definition) is 5. The van der Waals surface area contributed by atoms with Crippen molar-refractivity contribution in [1.82, 2.24) is 10.0 Å². The van der Waals surface area contributed by atoms with Gasteiger partial charge in [-0.3, -0.25) is 0 Å². The standard InChI is InChI=1S/C13H21ClN2O4S/c1-15-7-10-4-5-12(6-13(10)14)21(17,18)16-8-11(20-3)9-19-2/h4-6,11,15-16H,7-9H2,1-3H3. The zero-order valence-corrected chi connectivity index (χ0v) is 13.9. The van der Waals surface area contributed by atoms with Crippen LogP contribution in [0.25, 0.3) is 0 Å². The molecule has 1 aromatic carbocycles. The van der Waals surface area contributed by atoms with E-state index in [-0.39, 0.29) is 17.5 Å². The average molecular weight is 337 g/mol. The van der Waals surface area contributed by atoms with Crippen molar-refractivity contribution in [2.24, 2.45) is 0 Å². The maximum Gasteiger partial charge on any atom is 0.240 e. The number of hydrogen-bond donors (Lipinski definition) is 2. The van der Waals surface area contributed by atoms with Crippen molar-refractivity contribution < 1.29 is 17.9 Å². The second-order valence-electron chi connectivity index (χ2n) is 4.45. The minimum Gasteiger partial charge on any atom is -0.382 e. The van der Waals surface area contributed by atoms with Gasteiger partial charge in [0.25, 0.3) is 0 Å². The van der Waals surface area contributed by atoms with Crippen LogP contribution in [-0.2, 0) is 26.0 Å². The summed E-state index contributed by atoms with van der Waals surface area (Å²) in [4.78, 5) is 0.125. The van der Waals surface area contributed by atoms with Crippen molar-refractivity contribution >= 4 is 21.6 Å². The van der Waals surface area contributed by atoms with Crippen LogP contribution in [0.15, 0.2) is 23.1 Å². The predicted molar refractivity (Wildman–Crippen MR) is 82.1 cm³/mol. The molecule has 0 aliphatic heterocycles. The van der Waals surface area contributed by atoms with E-state index in [1.165, 1.54) is 26.4 Å². The molecule has 1 aromatic rings. The number of sulfonamides is 1. The summed E-state index contributed by atoms with van der Waals surface area (Å²) in [6.07, 6.45) is -0.344. The minimum atomic E-state index is -3.63. The van der Waals surface area contributed by atoms with Crippen LogP contribution < -0.4 is 10.0 Å². The monoisotopic (exact) mass is 336 g/mol. The molecule has 2 N–H and O–H groups in total. The zero-order chi connectivity index (χ0) is 15.9. The van der Waals surface area contributed by atoms with Gasteiger partial charge in [0.15, 0.2) is 0 Å². The maximum absolute atomic E-state index is 12.2. The highest BCUT2D eigenvalue weighted by Crippen LogP contribution is 2.20. The minimum absolute atomic E-state index is 0.125. The Labute approximate surface area is 130 Å². The molecular weight excluding hydrogens is 316 g/mol. The van der Waals surface area contributed by atoms with Gasteiger partial charge in [0, 0.05) is 32.3 Å². The van der Waals surface area contributed by atoms with E-state index in [0.717, 1.165) is 5.56 Å². The van der Waals surface area contributed by atoms with Crippen LogP contribution >= 0.6 is 11.6 Å². The van der Waals surface area contributed by atoms with E-state index >= 15 is 0 Å². The highest BCUT2D eigenvalue weighted by atomic mass is 35.5. The van der Waals surface area contributed by atoms with Gasteiger partial charge in [0.2, 0.25) is 10.0 Å². The molecule has 0 aromatic heterocycles. The van der Waals surface area contributed by atoms with Crippen LogP contribution in [0.5, 0.6) is 0 Å². The molecule has 6 nitrogen and oxygen atoms in total. The topological polar surface area (TPSA) is 76.7 Å². The first-order valence-corrected chi connectivity index (χ1v) is 8.25. The van der Waals surface area contributed by atoms with Crippen LogP contribution in [0.4, 0.5) is 0 Å². The van der Waals surface area contributed by atoms with Gasteiger partial charge in [-0.2, -0.15) is 0 Å². The number of halogens is 1. The second kappa shape index (κ2) is 8.67. The quantitative estimate of drug-likeness (QED) is 0.703. The maximum atomic E-state index is 12.2. The fraction of sp³-hybridized carbons (Fsp3) is 0.538.